The Kier molecular flexibility index (Phi) is 3.28. The van der Waals surface area contributed by atoms with E-state index >= 15 is 0 Å². The molecule has 18 heavy (non-hydrogen) atoms. The molecule has 2 aromatic rings. The molecule has 0 aromatic heterocycles. The predicted molar refractivity (Wildman–Crippen MR) is 72.9 cm³/mol. The lowest BCUT2D eigenvalue weighted by Crippen LogP contribution is -2.08. The number of rotatable bonds is 3. The fourth-order valence-corrected chi connectivity index (χ4v) is 1.61. The van der Waals surface area contributed by atoms with Gasteiger partial charge >= 0.3 is 0 Å². The van der Waals surface area contributed by atoms with E-state index in [1.165, 1.54) is 0 Å². The summed E-state index contributed by atoms with van der Waals surface area (Å²) in [5, 5.41) is 18.8. The lowest BCUT2D eigenvalue weighted by atomic mass is 10.2. The minimum absolute atomic E-state index is 0.279. The van der Waals surface area contributed by atoms with E-state index < -0.39 is 0 Å². The molecule has 0 aliphatic heterocycles. The Morgan fingerprint density at radius 3 is 1.44 bits per heavy atom. The third-order valence-corrected chi connectivity index (χ3v) is 2.74. The van der Waals surface area contributed by atoms with Crippen LogP contribution in [-0.4, -0.2) is 10.2 Å². The van der Waals surface area contributed by atoms with Crippen molar-refractivity contribution in [2.75, 3.05) is 10.9 Å². The summed E-state index contributed by atoms with van der Waals surface area (Å²) >= 11 is 0. The van der Waals surface area contributed by atoms with Gasteiger partial charge in [-0.3, -0.25) is 0 Å². The minimum Gasteiger partial charge on any atom is -0.508 e. The molecule has 0 radical (unpaired) electrons. The molecule has 0 amide bonds. The summed E-state index contributed by atoms with van der Waals surface area (Å²) < 4.78 is 0. The molecule has 0 aliphatic carbocycles. The van der Waals surface area contributed by atoms with Crippen LogP contribution in [0.1, 0.15) is 11.1 Å². The van der Waals surface area contributed by atoms with Gasteiger partial charge in [0.15, 0.2) is 0 Å². The Hall–Kier alpha value is -2.36. The molecular weight excluding hydrogens is 228 g/mol. The van der Waals surface area contributed by atoms with Crippen LogP contribution < -0.4 is 10.9 Å². The van der Waals surface area contributed by atoms with Gasteiger partial charge in [-0.25, -0.2) is 0 Å². The van der Waals surface area contributed by atoms with Crippen molar-refractivity contribution in [2.45, 2.75) is 13.8 Å². The van der Waals surface area contributed by atoms with Crippen molar-refractivity contribution >= 4 is 11.4 Å². The van der Waals surface area contributed by atoms with Gasteiger partial charge in [-0.2, -0.15) is 0 Å². The van der Waals surface area contributed by atoms with Gasteiger partial charge in [0.2, 0.25) is 0 Å². The van der Waals surface area contributed by atoms with Crippen LogP contribution in [0.5, 0.6) is 11.5 Å². The second kappa shape index (κ2) is 4.87. The lowest BCUT2D eigenvalue weighted by Gasteiger charge is -2.11. The van der Waals surface area contributed by atoms with E-state index in [4.69, 9.17) is 0 Å². The molecule has 0 spiro atoms. The highest BCUT2D eigenvalue weighted by Crippen LogP contribution is 2.22. The second-order valence-corrected chi connectivity index (χ2v) is 4.25. The first-order valence-electron chi connectivity index (χ1n) is 5.67. The highest BCUT2D eigenvalue weighted by molar-refractivity contribution is 5.57. The number of aryl methyl sites for hydroxylation is 2. The van der Waals surface area contributed by atoms with Gasteiger partial charge in [-0.1, -0.05) is 0 Å². The SMILES string of the molecule is Cc1cc(NNc2ccc(O)c(C)c2)ccc1O. The van der Waals surface area contributed by atoms with Crippen molar-refractivity contribution in [1.82, 2.24) is 0 Å². The van der Waals surface area contributed by atoms with E-state index in [0.29, 0.717) is 0 Å². The molecule has 0 saturated heterocycles. The highest BCUT2D eigenvalue weighted by Gasteiger charge is 1.99. The smallest absolute Gasteiger partial charge is 0.118 e. The molecule has 0 bridgehead atoms. The standard InChI is InChI=1S/C14H16N2O2/c1-9-7-11(3-5-13(9)17)15-16-12-4-6-14(18)10(2)8-12/h3-8,15-18H,1-2H3. The summed E-state index contributed by atoms with van der Waals surface area (Å²) in [6.07, 6.45) is 0. The first kappa shape index (κ1) is 12.1. The summed E-state index contributed by atoms with van der Waals surface area (Å²) in [5.41, 5.74) is 9.40. The topological polar surface area (TPSA) is 64.5 Å². The second-order valence-electron chi connectivity index (χ2n) is 4.25. The van der Waals surface area contributed by atoms with E-state index in [0.717, 1.165) is 22.5 Å². The Morgan fingerprint density at radius 2 is 1.11 bits per heavy atom. The molecule has 4 heteroatoms. The maximum Gasteiger partial charge on any atom is 0.118 e. The summed E-state index contributed by atoms with van der Waals surface area (Å²) in [4.78, 5) is 0. The summed E-state index contributed by atoms with van der Waals surface area (Å²) in [5.74, 6) is 0.557. The quantitative estimate of drug-likeness (QED) is 0.494. The first-order chi connectivity index (χ1) is 8.56. The predicted octanol–water partition coefficient (Wildman–Crippen LogP) is 3.15. The molecule has 0 heterocycles. The maximum absolute atomic E-state index is 9.42. The van der Waals surface area contributed by atoms with Crippen molar-refractivity contribution in [3.8, 4) is 11.5 Å². The van der Waals surface area contributed by atoms with E-state index in [1.54, 1.807) is 24.3 Å². The van der Waals surface area contributed by atoms with E-state index in [1.807, 2.05) is 26.0 Å². The number of nitrogens with one attached hydrogen (secondary N) is 2. The van der Waals surface area contributed by atoms with Crippen molar-refractivity contribution in [2.24, 2.45) is 0 Å². The number of benzene rings is 2. The molecule has 0 aliphatic rings. The molecule has 4 N–H and O–H groups in total. The fraction of sp³-hybridized carbons (Fsp3) is 0.143. The van der Waals surface area contributed by atoms with Crippen LogP contribution in [0.4, 0.5) is 11.4 Å². The van der Waals surface area contributed by atoms with Gasteiger partial charge in [0, 0.05) is 0 Å². The number of hydrogen-bond acceptors (Lipinski definition) is 4. The Morgan fingerprint density at radius 1 is 0.722 bits per heavy atom. The molecule has 4 nitrogen and oxygen atoms in total. The summed E-state index contributed by atoms with van der Waals surface area (Å²) in [7, 11) is 0. The van der Waals surface area contributed by atoms with Gasteiger partial charge in [-0.05, 0) is 61.4 Å². The number of hydrazine groups is 1. The van der Waals surface area contributed by atoms with Gasteiger partial charge in [0.1, 0.15) is 11.5 Å². The first-order valence-corrected chi connectivity index (χ1v) is 5.67. The van der Waals surface area contributed by atoms with Crippen molar-refractivity contribution in [1.29, 1.82) is 0 Å². The monoisotopic (exact) mass is 244 g/mol. The van der Waals surface area contributed by atoms with E-state index in [2.05, 4.69) is 10.9 Å². The molecule has 0 unspecified atom stereocenters. The zero-order valence-corrected chi connectivity index (χ0v) is 10.4. The van der Waals surface area contributed by atoms with E-state index in [-0.39, 0.29) is 11.5 Å². The van der Waals surface area contributed by atoms with Gasteiger partial charge in [0.25, 0.3) is 0 Å². The van der Waals surface area contributed by atoms with Crippen LogP contribution in [0.2, 0.25) is 0 Å². The van der Waals surface area contributed by atoms with Crippen LogP contribution in [0.3, 0.4) is 0 Å². The largest absolute Gasteiger partial charge is 0.508 e. The number of hydrogen-bond donors (Lipinski definition) is 4. The molecule has 2 rings (SSSR count). The van der Waals surface area contributed by atoms with Gasteiger partial charge in [0.05, 0.1) is 11.4 Å². The normalized spacial score (nSPS) is 10.1. The Labute approximate surface area is 106 Å². The molecule has 0 fully saturated rings. The van der Waals surface area contributed by atoms with Gasteiger partial charge < -0.3 is 21.1 Å². The Bertz CT molecular complexity index is 516. The van der Waals surface area contributed by atoms with Crippen molar-refractivity contribution in [3.63, 3.8) is 0 Å². The Balaban J connectivity index is 2.06. The number of aromatic hydroxyl groups is 2. The van der Waals surface area contributed by atoms with Crippen LogP contribution in [-0.2, 0) is 0 Å². The lowest BCUT2D eigenvalue weighted by molar-refractivity contribution is 0.470. The van der Waals surface area contributed by atoms with E-state index in [9.17, 15) is 10.2 Å². The highest BCUT2D eigenvalue weighted by atomic mass is 16.3. The zero-order chi connectivity index (χ0) is 13.1. The summed E-state index contributed by atoms with van der Waals surface area (Å²) in [6.45, 7) is 3.68. The van der Waals surface area contributed by atoms with Crippen LogP contribution in [0.15, 0.2) is 36.4 Å². The molecule has 0 saturated carbocycles. The molecular formula is C14H16N2O2. The molecule has 0 atom stereocenters. The third kappa shape index (κ3) is 2.66. The molecule has 94 valence electrons. The average molecular weight is 244 g/mol. The fourth-order valence-electron chi connectivity index (χ4n) is 1.61. The van der Waals surface area contributed by atoms with Crippen molar-refractivity contribution in [3.05, 3.63) is 47.5 Å². The number of anilines is 2. The average Bonchev–Trinajstić information content (AvgIpc) is 2.35. The number of phenols is 2. The number of phenolic OH excluding ortho intramolecular Hbond substituents is 2. The minimum atomic E-state index is 0.279. The third-order valence-electron chi connectivity index (χ3n) is 2.74. The zero-order valence-electron chi connectivity index (χ0n) is 10.4. The van der Waals surface area contributed by atoms with Crippen LogP contribution in [0.25, 0.3) is 0 Å². The molecule has 2 aromatic carbocycles. The van der Waals surface area contributed by atoms with Crippen molar-refractivity contribution < 1.29 is 10.2 Å². The maximum atomic E-state index is 9.42. The van der Waals surface area contributed by atoms with Crippen LogP contribution in [0, 0.1) is 13.8 Å². The van der Waals surface area contributed by atoms with Crippen LogP contribution >= 0.6 is 0 Å². The summed E-state index contributed by atoms with van der Waals surface area (Å²) in [6, 6.07) is 10.5. The van der Waals surface area contributed by atoms with Gasteiger partial charge in [-0.15, -0.1) is 0 Å².